The first-order valence-electron chi connectivity index (χ1n) is 9.03. The number of rotatable bonds is 3. The van der Waals surface area contributed by atoms with Gasteiger partial charge in [-0.15, -0.1) is 0 Å². The predicted molar refractivity (Wildman–Crippen MR) is 113 cm³/mol. The maximum Gasteiger partial charge on any atom is 0.266 e. The summed E-state index contributed by atoms with van der Waals surface area (Å²) in [5.74, 6) is -1.31. The van der Waals surface area contributed by atoms with E-state index in [4.69, 9.17) is 11.6 Å². The molecule has 5 nitrogen and oxygen atoms in total. The van der Waals surface area contributed by atoms with E-state index in [1.54, 1.807) is 30.3 Å². The first kappa shape index (κ1) is 18.9. The van der Waals surface area contributed by atoms with Gasteiger partial charge in [0, 0.05) is 11.3 Å². The average Bonchev–Trinajstić information content (AvgIpc) is 2.94. The molecular formula is C23H17ClN2O3. The smallest absolute Gasteiger partial charge is 0.266 e. The molecule has 0 saturated heterocycles. The van der Waals surface area contributed by atoms with Crippen LogP contribution in [0.15, 0.2) is 60.7 Å². The number of benzene rings is 3. The molecular weight excluding hydrogens is 388 g/mol. The number of hydrogen-bond acceptors (Lipinski definition) is 3. The Bertz CT molecular complexity index is 1190. The largest absolute Gasteiger partial charge is 0.322 e. The monoisotopic (exact) mass is 404 g/mol. The first-order valence-corrected chi connectivity index (χ1v) is 9.40. The molecule has 1 aliphatic rings. The Morgan fingerprint density at radius 2 is 1.62 bits per heavy atom. The van der Waals surface area contributed by atoms with Crippen LogP contribution in [0.4, 0.5) is 11.4 Å². The molecule has 144 valence electrons. The number of nitrogens with one attached hydrogen (secondary N) is 1. The molecule has 3 aromatic rings. The van der Waals surface area contributed by atoms with E-state index in [-0.39, 0.29) is 17.0 Å². The molecule has 0 aromatic heterocycles. The molecule has 3 amide bonds. The second-order valence-electron chi connectivity index (χ2n) is 6.93. The van der Waals surface area contributed by atoms with E-state index >= 15 is 0 Å². The van der Waals surface area contributed by atoms with Gasteiger partial charge in [0.2, 0.25) is 0 Å². The summed E-state index contributed by atoms with van der Waals surface area (Å²) in [7, 11) is 0. The van der Waals surface area contributed by atoms with Gasteiger partial charge in [-0.05, 0) is 55.8 Å². The van der Waals surface area contributed by atoms with E-state index in [1.165, 1.54) is 12.1 Å². The van der Waals surface area contributed by atoms with Crippen LogP contribution in [0.2, 0.25) is 5.02 Å². The summed E-state index contributed by atoms with van der Waals surface area (Å²) in [5, 5.41) is 3.15. The van der Waals surface area contributed by atoms with E-state index < -0.39 is 11.8 Å². The molecule has 0 saturated carbocycles. The van der Waals surface area contributed by atoms with E-state index in [1.807, 2.05) is 32.0 Å². The number of fused-ring (bicyclic) bond motifs is 1. The molecule has 1 N–H and O–H groups in total. The van der Waals surface area contributed by atoms with Crippen molar-refractivity contribution in [2.45, 2.75) is 13.8 Å². The molecule has 0 radical (unpaired) electrons. The Labute approximate surface area is 172 Å². The molecule has 3 aromatic carbocycles. The van der Waals surface area contributed by atoms with Crippen molar-refractivity contribution in [2.24, 2.45) is 0 Å². The number of amides is 3. The van der Waals surface area contributed by atoms with Crippen molar-refractivity contribution < 1.29 is 14.4 Å². The summed E-state index contributed by atoms with van der Waals surface area (Å²) in [6, 6.07) is 16.9. The summed E-state index contributed by atoms with van der Waals surface area (Å²) >= 11 is 6.17. The number of aryl methyl sites for hydroxylation is 2. The Balaban J connectivity index is 1.65. The highest BCUT2D eigenvalue weighted by atomic mass is 35.5. The van der Waals surface area contributed by atoms with Crippen LogP contribution in [-0.2, 0) is 0 Å². The highest BCUT2D eigenvalue weighted by Crippen LogP contribution is 2.33. The summed E-state index contributed by atoms with van der Waals surface area (Å²) in [6.07, 6.45) is 0. The van der Waals surface area contributed by atoms with Crippen LogP contribution < -0.4 is 10.2 Å². The lowest BCUT2D eigenvalue weighted by atomic mass is 10.0. The van der Waals surface area contributed by atoms with Gasteiger partial charge < -0.3 is 5.32 Å². The number of halogens is 1. The van der Waals surface area contributed by atoms with E-state index in [0.29, 0.717) is 22.0 Å². The lowest BCUT2D eigenvalue weighted by Gasteiger charge is -2.15. The number of hydrogen-bond donors (Lipinski definition) is 1. The molecule has 6 heteroatoms. The van der Waals surface area contributed by atoms with Crippen LogP contribution in [0.5, 0.6) is 0 Å². The molecule has 0 atom stereocenters. The Hall–Kier alpha value is -3.44. The molecule has 0 aliphatic carbocycles. The minimum absolute atomic E-state index is 0.184. The van der Waals surface area contributed by atoms with Gasteiger partial charge >= 0.3 is 0 Å². The molecule has 1 heterocycles. The molecule has 1 aliphatic heterocycles. The quantitative estimate of drug-likeness (QED) is 0.624. The zero-order chi connectivity index (χ0) is 20.7. The molecule has 0 fully saturated rings. The standard InChI is InChI=1S/C23H17ClN2O3/c1-13-7-10-19(14(2)11-13)25-21(27)15-8-9-16-17(12-15)23(29)26(22(16)28)20-6-4-3-5-18(20)24/h3-12H,1-2H3,(H,25,27). The van der Waals surface area contributed by atoms with Crippen molar-refractivity contribution >= 4 is 40.7 Å². The number of anilines is 2. The zero-order valence-corrected chi connectivity index (χ0v) is 16.6. The van der Waals surface area contributed by atoms with Crippen molar-refractivity contribution in [1.82, 2.24) is 0 Å². The van der Waals surface area contributed by atoms with Gasteiger partial charge in [0.15, 0.2) is 0 Å². The Morgan fingerprint density at radius 1 is 0.897 bits per heavy atom. The van der Waals surface area contributed by atoms with Gasteiger partial charge in [0.25, 0.3) is 17.7 Å². The number of nitrogens with zero attached hydrogens (tertiary/aromatic N) is 1. The number of para-hydroxylation sites is 1. The summed E-state index contributed by atoms with van der Waals surface area (Å²) in [4.78, 5) is 39.4. The fraction of sp³-hybridized carbons (Fsp3) is 0.0870. The Morgan fingerprint density at radius 3 is 2.34 bits per heavy atom. The minimum Gasteiger partial charge on any atom is -0.322 e. The van der Waals surface area contributed by atoms with Crippen molar-refractivity contribution in [2.75, 3.05) is 10.2 Å². The lowest BCUT2D eigenvalue weighted by molar-refractivity contribution is 0.0925. The number of imide groups is 1. The third kappa shape index (κ3) is 3.30. The van der Waals surface area contributed by atoms with Gasteiger partial charge in [-0.1, -0.05) is 41.4 Å². The van der Waals surface area contributed by atoms with Crippen LogP contribution in [0.3, 0.4) is 0 Å². The highest BCUT2D eigenvalue weighted by Gasteiger charge is 2.38. The Kier molecular flexibility index (Phi) is 4.68. The van der Waals surface area contributed by atoms with Gasteiger partial charge in [-0.2, -0.15) is 0 Å². The van der Waals surface area contributed by atoms with Crippen LogP contribution in [-0.4, -0.2) is 17.7 Å². The van der Waals surface area contributed by atoms with Crippen molar-refractivity contribution in [1.29, 1.82) is 0 Å². The maximum atomic E-state index is 12.9. The molecule has 4 rings (SSSR count). The lowest BCUT2D eigenvalue weighted by Crippen LogP contribution is -2.29. The molecule has 0 bridgehead atoms. The van der Waals surface area contributed by atoms with E-state index in [2.05, 4.69) is 5.32 Å². The number of carbonyl (C=O) groups is 3. The van der Waals surface area contributed by atoms with Gasteiger partial charge in [0.05, 0.1) is 21.8 Å². The van der Waals surface area contributed by atoms with Crippen LogP contribution in [0, 0.1) is 13.8 Å². The summed E-state index contributed by atoms with van der Waals surface area (Å²) in [6.45, 7) is 3.89. The van der Waals surface area contributed by atoms with Crippen LogP contribution in [0.25, 0.3) is 0 Å². The van der Waals surface area contributed by atoms with Crippen LogP contribution in [0.1, 0.15) is 42.2 Å². The van der Waals surface area contributed by atoms with Crippen molar-refractivity contribution in [3.63, 3.8) is 0 Å². The normalized spacial score (nSPS) is 12.9. The maximum absolute atomic E-state index is 12.9. The van der Waals surface area contributed by atoms with Crippen molar-refractivity contribution in [3.05, 3.63) is 93.5 Å². The first-order chi connectivity index (χ1) is 13.9. The van der Waals surface area contributed by atoms with E-state index in [0.717, 1.165) is 16.0 Å². The highest BCUT2D eigenvalue weighted by molar-refractivity contribution is 6.40. The second kappa shape index (κ2) is 7.18. The fourth-order valence-electron chi connectivity index (χ4n) is 3.38. The van der Waals surface area contributed by atoms with Gasteiger partial charge in [-0.25, -0.2) is 4.90 Å². The SMILES string of the molecule is Cc1ccc(NC(=O)c2ccc3c(c2)C(=O)N(c2ccccc2Cl)C3=O)c(C)c1. The average molecular weight is 405 g/mol. The fourth-order valence-corrected chi connectivity index (χ4v) is 3.60. The zero-order valence-electron chi connectivity index (χ0n) is 15.8. The molecule has 29 heavy (non-hydrogen) atoms. The predicted octanol–water partition coefficient (Wildman–Crippen LogP) is 5.01. The summed E-state index contributed by atoms with van der Waals surface area (Å²) in [5.41, 5.74) is 3.78. The third-order valence-electron chi connectivity index (χ3n) is 4.87. The van der Waals surface area contributed by atoms with E-state index in [9.17, 15) is 14.4 Å². The molecule has 0 spiro atoms. The summed E-state index contributed by atoms with van der Waals surface area (Å²) < 4.78 is 0. The minimum atomic E-state index is -0.501. The van der Waals surface area contributed by atoms with Crippen LogP contribution >= 0.6 is 11.6 Å². The second-order valence-corrected chi connectivity index (χ2v) is 7.34. The molecule has 0 unspecified atom stereocenters. The number of carbonyl (C=O) groups excluding carboxylic acids is 3. The topological polar surface area (TPSA) is 66.5 Å². The van der Waals surface area contributed by atoms with Gasteiger partial charge in [-0.3, -0.25) is 14.4 Å². The van der Waals surface area contributed by atoms with Crippen molar-refractivity contribution in [3.8, 4) is 0 Å². The third-order valence-corrected chi connectivity index (χ3v) is 5.19. The van der Waals surface area contributed by atoms with Gasteiger partial charge in [0.1, 0.15) is 0 Å².